The van der Waals surface area contributed by atoms with E-state index in [1.807, 2.05) is 0 Å². The fourth-order valence-electron chi connectivity index (χ4n) is 2.11. The van der Waals surface area contributed by atoms with Gasteiger partial charge in [0.25, 0.3) is 5.91 Å². The number of hydrogen-bond donors (Lipinski definition) is 1. The molecule has 3 rings (SSSR count). The molecule has 1 amide bonds. The highest BCUT2D eigenvalue weighted by Crippen LogP contribution is 2.36. The van der Waals surface area contributed by atoms with Crippen LogP contribution in [0.5, 0.6) is 11.5 Å². The van der Waals surface area contributed by atoms with Crippen molar-refractivity contribution in [2.24, 2.45) is 5.10 Å². The third-order valence-corrected chi connectivity index (χ3v) is 3.83. The molecule has 6 nitrogen and oxygen atoms in total. The van der Waals surface area contributed by atoms with Crippen LogP contribution in [-0.4, -0.2) is 18.9 Å². The van der Waals surface area contributed by atoms with Crippen LogP contribution in [-0.2, 0) is 0 Å². The van der Waals surface area contributed by atoms with Crippen molar-refractivity contribution in [2.75, 3.05) is 6.79 Å². The standard InChI is InChI=1S/C15H13BrN2O4/c1-8-3-11(9(2)22-8)15(19)18-17-6-10-4-13-14(5-12(10)16)21-7-20-13/h3-6H,7H2,1-2H3,(H,18,19)/b17-6-. The van der Waals surface area contributed by atoms with Gasteiger partial charge in [-0.25, -0.2) is 5.43 Å². The van der Waals surface area contributed by atoms with Crippen LogP contribution in [0.15, 0.2) is 32.2 Å². The van der Waals surface area contributed by atoms with Crippen molar-refractivity contribution in [1.82, 2.24) is 5.43 Å². The minimum Gasteiger partial charge on any atom is -0.466 e. The lowest BCUT2D eigenvalue weighted by molar-refractivity contribution is 0.0953. The molecule has 0 unspecified atom stereocenters. The number of amides is 1. The maximum absolute atomic E-state index is 12.0. The fraction of sp³-hybridized carbons (Fsp3) is 0.200. The molecule has 0 radical (unpaired) electrons. The number of rotatable bonds is 3. The number of nitrogens with zero attached hydrogens (tertiary/aromatic N) is 1. The first-order valence-corrected chi connectivity index (χ1v) is 7.33. The molecule has 1 aromatic heterocycles. The number of hydrogen-bond acceptors (Lipinski definition) is 5. The Hall–Kier alpha value is -2.28. The van der Waals surface area contributed by atoms with Crippen molar-refractivity contribution in [3.8, 4) is 11.5 Å². The third-order valence-electron chi connectivity index (χ3n) is 3.15. The zero-order valence-electron chi connectivity index (χ0n) is 12.0. The smallest absolute Gasteiger partial charge is 0.274 e. The molecule has 0 saturated carbocycles. The zero-order chi connectivity index (χ0) is 15.7. The summed E-state index contributed by atoms with van der Waals surface area (Å²) < 4.78 is 16.7. The lowest BCUT2D eigenvalue weighted by atomic mass is 10.2. The predicted octanol–water partition coefficient (Wildman–Crippen LogP) is 3.15. The monoisotopic (exact) mass is 364 g/mol. The summed E-state index contributed by atoms with van der Waals surface area (Å²) in [6.45, 7) is 3.73. The summed E-state index contributed by atoms with van der Waals surface area (Å²) in [6.07, 6.45) is 1.53. The highest BCUT2D eigenvalue weighted by molar-refractivity contribution is 9.10. The second kappa shape index (κ2) is 5.84. The van der Waals surface area contributed by atoms with E-state index in [0.717, 1.165) is 10.0 Å². The number of carbonyl (C=O) groups excluding carboxylic acids is 1. The molecule has 0 aliphatic carbocycles. The van der Waals surface area contributed by atoms with Gasteiger partial charge < -0.3 is 13.9 Å². The number of carbonyl (C=O) groups is 1. The average Bonchev–Trinajstić information content (AvgIpc) is 3.04. The van der Waals surface area contributed by atoms with Gasteiger partial charge in [-0.05, 0) is 48.0 Å². The molecule has 0 fully saturated rings. The maximum Gasteiger partial charge on any atom is 0.274 e. The molecule has 22 heavy (non-hydrogen) atoms. The quantitative estimate of drug-likeness (QED) is 0.670. The average molecular weight is 365 g/mol. The van der Waals surface area contributed by atoms with E-state index in [0.29, 0.717) is 28.6 Å². The zero-order valence-corrected chi connectivity index (χ0v) is 13.6. The summed E-state index contributed by atoms with van der Waals surface area (Å²) in [5.41, 5.74) is 3.71. The number of hydrazone groups is 1. The molecule has 0 spiro atoms. The van der Waals surface area contributed by atoms with Gasteiger partial charge in [-0.15, -0.1) is 0 Å². The minimum atomic E-state index is -0.317. The molecule has 2 aromatic rings. The van der Waals surface area contributed by atoms with Crippen LogP contribution >= 0.6 is 15.9 Å². The Balaban J connectivity index is 1.72. The number of ether oxygens (including phenoxy) is 2. The van der Waals surface area contributed by atoms with Gasteiger partial charge in [0.2, 0.25) is 6.79 Å². The van der Waals surface area contributed by atoms with Crippen molar-refractivity contribution in [1.29, 1.82) is 0 Å². The summed E-state index contributed by atoms with van der Waals surface area (Å²) in [5.74, 6) is 2.26. The first-order chi connectivity index (χ1) is 10.5. The summed E-state index contributed by atoms with van der Waals surface area (Å²) in [7, 11) is 0. The predicted molar refractivity (Wildman–Crippen MR) is 83.5 cm³/mol. The number of halogens is 1. The highest BCUT2D eigenvalue weighted by atomic mass is 79.9. The number of nitrogens with one attached hydrogen (secondary N) is 1. The summed E-state index contributed by atoms with van der Waals surface area (Å²) in [6, 6.07) is 5.26. The summed E-state index contributed by atoms with van der Waals surface area (Å²) >= 11 is 3.42. The molecular formula is C15H13BrN2O4. The lowest BCUT2D eigenvalue weighted by Gasteiger charge is -2.02. The minimum absolute atomic E-state index is 0.207. The van der Waals surface area contributed by atoms with Gasteiger partial charge in [-0.3, -0.25) is 4.79 Å². The number of aryl methyl sites for hydroxylation is 2. The van der Waals surface area contributed by atoms with Gasteiger partial charge in [-0.1, -0.05) is 0 Å². The number of fused-ring (bicyclic) bond motifs is 1. The number of furan rings is 1. The Morgan fingerprint density at radius 3 is 2.68 bits per heavy atom. The van der Waals surface area contributed by atoms with Crippen LogP contribution in [0.1, 0.15) is 27.4 Å². The summed E-state index contributed by atoms with van der Waals surface area (Å²) in [5, 5.41) is 3.96. The van der Waals surface area contributed by atoms with Crippen LogP contribution in [0.3, 0.4) is 0 Å². The molecule has 7 heteroatoms. The van der Waals surface area contributed by atoms with Crippen molar-refractivity contribution in [2.45, 2.75) is 13.8 Å². The van der Waals surface area contributed by atoms with E-state index in [9.17, 15) is 4.79 Å². The molecule has 0 atom stereocenters. The highest BCUT2D eigenvalue weighted by Gasteiger charge is 2.16. The normalized spacial score (nSPS) is 12.9. The SMILES string of the molecule is Cc1cc(C(=O)N/N=C\c2cc3c(cc2Br)OCO3)c(C)o1. The van der Waals surface area contributed by atoms with Gasteiger partial charge in [0.05, 0.1) is 11.8 Å². The van der Waals surface area contributed by atoms with E-state index in [2.05, 4.69) is 26.5 Å². The molecule has 1 aliphatic rings. The van der Waals surface area contributed by atoms with Crippen LogP contribution in [0.4, 0.5) is 0 Å². The van der Waals surface area contributed by atoms with Gasteiger partial charge in [0, 0.05) is 10.0 Å². The second-order valence-corrected chi connectivity index (χ2v) is 5.61. The van der Waals surface area contributed by atoms with Crippen LogP contribution in [0, 0.1) is 13.8 Å². The molecule has 114 valence electrons. The molecule has 0 bridgehead atoms. The van der Waals surface area contributed by atoms with Crippen LogP contribution in [0.2, 0.25) is 0 Å². The van der Waals surface area contributed by atoms with E-state index in [-0.39, 0.29) is 12.7 Å². The Kier molecular flexibility index (Phi) is 3.89. The van der Waals surface area contributed by atoms with E-state index < -0.39 is 0 Å². The topological polar surface area (TPSA) is 73.1 Å². The van der Waals surface area contributed by atoms with Crippen molar-refractivity contribution >= 4 is 28.1 Å². The fourth-order valence-corrected chi connectivity index (χ4v) is 2.53. The largest absolute Gasteiger partial charge is 0.466 e. The Bertz CT molecular complexity index is 767. The van der Waals surface area contributed by atoms with Crippen molar-refractivity contribution < 1.29 is 18.7 Å². The first kappa shape index (κ1) is 14.6. The molecule has 1 aromatic carbocycles. The van der Waals surface area contributed by atoms with Gasteiger partial charge in [0.1, 0.15) is 11.5 Å². The van der Waals surface area contributed by atoms with Gasteiger partial charge >= 0.3 is 0 Å². The Morgan fingerprint density at radius 2 is 2.00 bits per heavy atom. The Labute approximate surface area is 135 Å². The second-order valence-electron chi connectivity index (χ2n) is 4.75. The van der Waals surface area contributed by atoms with Gasteiger partial charge in [0.15, 0.2) is 11.5 Å². The third kappa shape index (κ3) is 2.85. The van der Waals surface area contributed by atoms with E-state index >= 15 is 0 Å². The van der Waals surface area contributed by atoms with Crippen molar-refractivity contribution in [3.63, 3.8) is 0 Å². The van der Waals surface area contributed by atoms with Gasteiger partial charge in [-0.2, -0.15) is 5.10 Å². The molecular weight excluding hydrogens is 352 g/mol. The maximum atomic E-state index is 12.0. The molecule has 1 N–H and O–H groups in total. The first-order valence-electron chi connectivity index (χ1n) is 6.54. The van der Waals surface area contributed by atoms with E-state index in [4.69, 9.17) is 13.9 Å². The lowest BCUT2D eigenvalue weighted by Crippen LogP contribution is -2.17. The van der Waals surface area contributed by atoms with E-state index in [1.54, 1.807) is 32.0 Å². The number of benzene rings is 1. The Morgan fingerprint density at radius 1 is 1.27 bits per heavy atom. The van der Waals surface area contributed by atoms with E-state index in [1.165, 1.54) is 6.21 Å². The summed E-state index contributed by atoms with van der Waals surface area (Å²) in [4.78, 5) is 12.0. The van der Waals surface area contributed by atoms with Crippen LogP contribution < -0.4 is 14.9 Å². The van der Waals surface area contributed by atoms with Crippen molar-refractivity contribution in [3.05, 3.63) is 45.3 Å². The molecule has 0 saturated heterocycles. The molecule has 1 aliphatic heterocycles. The molecule has 2 heterocycles. The van der Waals surface area contributed by atoms with Crippen LogP contribution in [0.25, 0.3) is 0 Å².